The van der Waals surface area contributed by atoms with Crippen LogP contribution >= 0.6 is 11.6 Å². The van der Waals surface area contributed by atoms with Crippen LogP contribution in [-0.2, 0) is 26.2 Å². The van der Waals surface area contributed by atoms with Gasteiger partial charge in [-0.25, -0.2) is 8.42 Å². The molecule has 2 aromatic rings. The molecule has 192 valence electrons. The van der Waals surface area contributed by atoms with Crippen LogP contribution in [-0.4, -0.2) is 64.7 Å². The second-order valence-electron chi connectivity index (χ2n) is 7.92. The summed E-state index contributed by atoms with van der Waals surface area (Å²) in [5, 5.41) is 3.32. The van der Waals surface area contributed by atoms with Crippen molar-refractivity contribution in [3.8, 4) is 11.5 Å². The second-order valence-corrected chi connectivity index (χ2v) is 10.3. The van der Waals surface area contributed by atoms with E-state index in [9.17, 15) is 18.0 Å². The summed E-state index contributed by atoms with van der Waals surface area (Å²) in [4.78, 5) is 27.6. The summed E-state index contributed by atoms with van der Waals surface area (Å²) in [6.07, 6.45) is 1.74. The van der Waals surface area contributed by atoms with Crippen LogP contribution in [0.3, 0.4) is 0 Å². The Hall–Kier alpha value is -2.98. The van der Waals surface area contributed by atoms with Crippen LogP contribution in [0.15, 0.2) is 42.5 Å². The zero-order valence-electron chi connectivity index (χ0n) is 20.6. The zero-order valence-corrected chi connectivity index (χ0v) is 22.1. The summed E-state index contributed by atoms with van der Waals surface area (Å²) in [7, 11) is -1.06. The Morgan fingerprint density at radius 3 is 2.29 bits per heavy atom. The van der Waals surface area contributed by atoms with Gasteiger partial charge in [0.25, 0.3) is 0 Å². The minimum atomic E-state index is -3.91. The average Bonchev–Trinajstić information content (AvgIpc) is 2.83. The van der Waals surface area contributed by atoms with E-state index in [0.29, 0.717) is 17.3 Å². The number of nitrogens with zero attached hydrogens (tertiary/aromatic N) is 2. The molecule has 0 fully saturated rings. The highest BCUT2D eigenvalue weighted by Gasteiger charge is 2.31. The van der Waals surface area contributed by atoms with Crippen molar-refractivity contribution in [1.82, 2.24) is 10.2 Å². The smallest absolute Gasteiger partial charge is 0.244 e. The molecule has 1 atom stereocenters. The topological polar surface area (TPSA) is 105 Å². The number of ether oxygens (including phenoxy) is 2. The molecule has 0 unspecified atom stereocenters. The van der Waals surface area contributed by atoms with Crippen molar-refractivity contribution in [3.63, 3.8) is 0 Å². The number of hydrogen-bond acceptors (Lipinski definition) is 6. The molecule has 11 heteroatoms. The van der Waals surface area contributed by atoms with E-state index in [1.807, 2.05) is 6.92 Å². The van der Waals surface area contributed by atoms with E-state index >= 15 is 0 Å². The molecule has 0 aliphatic rings. The Morgan fingerprint density at radius 2 is 1.74 bits per heavy atom. The molecule has 9 nitrogen and oxygen atoms in total. The summed E-state index contributed by atoms with van der Waals surface area (Å²) in [5.41, 5.74) is 0.889. The zero-order chi connectivity index (χ0) is 26.2. The van der Waals surface area contributed by atoms with Crippen LogP contribution in [0, 0.1) is 0 Å². The number of carbonyl (C=O) groups excluding carboxylic acids is 2. The van der Waals surface area contributed by atoms with E-state index < -0.39 is 28.5 Å². The van der Waals surface area contributed by atoms with Gasteiger partial charge in [0.05, 0.1) is 26.2 Å². The van der Waals surface area contributed by atoms with Crippen LogP contribution in [0.5, 0.6) is 11.5 Å². The molecule has 0 bridgehead atoms. The lowest BCUT2D eigenvalue weighted by Crippen LogP contribution is -2.51. The fourth-order valence-corrected chi connectivity index (χ4v) is 4.32. The lowest BCUT2D eigenvalue weighted by atomic mass is 10.1. The Labute approximate surface area is 212 Å². The number of anilines is 1. The number of nitrogens with one attached hydrogen (secondary N) is 1. The molecule has 2 rings (SSSR count). The number of carbonyl (C=O) groups is 2. The molecule has 0 saturated carbocycles. The van der Waals surface area contributed by atoms with Crippen molar-refractivity contribution in [3.05, 3.63) is 53.1 Å². The number of methoxy groups -OCH3 is 2. The van der Waals surface area contributed by atoms with E-state index in [0.717, 1.165) is 22.5 Å². The maximum Gasteiger partial charge on any atom is 0.244 e. The molecule has 35 heavy (non-hydrogen) atoms. The van der Waals surface area contributed by atoms with Gasteiger partial charge in [-0.1, -0.05) is 30.7 Å². The Bertz CT molecular complexity index is 1120. The minimum absolute atomic E-state index is 0.0869. The van der Waals surface area contributed by atoms with Gasteiger partial charge in [-0.15, -0.1) is 0 Å². The third-order valence-electron chi connectivity index (χ3n) is 5.32. The fraction of sp³-hybridized carbons (Fsp3) is 0.417. The van der Waals surface area contributed by atoms with Gasteiger partial charge in [0.15, 0.2) is 0 Å². The highest BCUT2D eigenvalue weighted by atomic mass is 35.5. The van der Waals surface area contributed by atoms with Crippen molar-refractivity contribution >= 4 is 39.1 Å². The maximum absolute atomic E-state index is 13.6. The van der Waals surface area contributed by atoms with Crippen molar-refractivity contribution < 1.29 is 27.5 Å². The first-order chi connectivity index (χ1) is 16.5. The average molecular weight is 526 g/mol. The highest BCUT2D eigenvalue weighted by molar-refractivity contribution is 7.92. The van der Waals surface area contributed by atoms with Gasteiger partial charge < -0.3 is 19.7 Å². The highest BCUT2D eigenvalue weighted by Crippen LogP contribution is 2.34. The fourth-order valence-electron chi connectivity index (χ4n) is 3.35. The minimum Gasteiger partial charge on any atom is -0.497 e. The van der Waals surface area contributed by atoms with Crippen molar-refractivity contribution in [2.24, 2.45) is 0 Å². The third-order valence-corrected chi connectivity index (χ3v) is 6.70. The molecular formula is C24H32ClN3O6S. The molecule has 0 aromatic heterocycles. The Morgan fingerprint density at radius 1 is 1.09 bits per heavy atom. The molecule has 0 heterocycles. The normalized spacial score (nSPS) is 11.9. The van der Waals surface area contributed by atoms with Crippen LogP contribution in [0.2, 0.25) is 5.02 Å². The number of amides is 2. The quantitative estimate of drug-likeness (QED) is 0.456. The number of rotatable bonds is 12. The first-order valence-electron chi connectivity index (χ1n) is 11.0. The van der Waals surface area contributed by atoms with Crippen LogP contribution in [0.25, 0.3) is 0 Å². The number of hydrogen-bond donors (Lipinski definition) is 1. The van der Waals surface area contributed by atoms with Crippen LogP contribution < -0.4 is 19.1 Å². The third kappa shape index (κ3) is 7.76. The van der Waals surface area contributed by atoms with E-state index in [4.69, 9.17) is 21.1 Å². The molecule has 0 aliphatic heterocycles. The van der Waals surface area contributed by atoms with Gasteiger partial charge in [0.1, 0.15) is 24.1 Å². The van der Waals surface area contributed by atoms with Gasteiger partial charge in [-0.2, -0.15) is 0 Å². The lowest BCUT2D eigenvalue weighted by molar-refractivity contribution is -0.139. The molecule has 1 N–H and O–H groups in total. The Balaban J connectivity index is 2.45. The summed E-state index contributed by atoms with van der Waals surface area (Å²) in [6.45, 7) is 3.54. The predicted molar refractivity (Wildman–Crippen MR) is 137 cm³/mol. The van der Waals surface area contributed by atoms with E-state index in [2.05, 4.69) is 5.32 Å². The van der Waals surface area contributed by atoms with Gasteiger partial charge in [0, 0.05) is 24.2 Å². The van der Waals surface area contributed by atoms with E-state index in [1.54, 1.807) is 43.3 Å². The summed E-state index contributed by atoms with van der Waals surface area (Å²) >= 11 is 5.98. The SMILES string of the molecule is CCCNC(=O)[C@H](C)N(Cc1ccc(Cl)cc1)C(=O)CN(c1cc(OC)ccc1OC)S(C)(=O)=O. The standard InChI is InChI=1S/C24H32ClN3O6S/c1-6-13-26-24(30)17(2)27(15-18-7-9-19(25)10-8-18)23(29)16-28(35(5,31)32)21-14-20(33-3)11-12-22(21)34-4/h7-12,14,17H,6,13,15-16H2,1-5H3,(H,26,30)/t17-/m0/s1. The molecule has 0 aliphatic carbocycles. The number of sulfonamides is 1. The molecule has 2 aromatic carbocycles. The predicted octanol–water partition coefficient (Wildman–Crippen LogP) is 3.07. The van der Waals surface area contributed by atoms with E-state index in [1.165, 1.54) is 25.2 Å². The molecule has 0 spiro atoms. The van der Waals surface area contributed by atoms with Crippen molar-refractivity contribution in [1.29, 1.82) is 0 Å². The van der Waals surface area contributed by atoms with Crippen LogP contribution in [0.4, 0.5) is 5.69 Å². The summed E-state index contributed by atoms with van der Waals surface area (Å²) < 4.78 is 37.0. The lowest BCUT2D eigenvalue weighted by Gasteiger charge is -2.32. The van der Waals surface area contributed by atoms with Gasteiger partial charge in [-0.05, 0) is 43.2 Å². The van der Waals surface area contributed by atoms with E-state index in [-0.39, 0.29) is 23.9 Å². The van der Waals surface area contributed by atoms with Crippen molar-refractivity contribution in [2.75, 3.05) is 37.9 Å². The van der Waals surface area contributed by atoms with Gasteiger partial charge in [-0.3, -0.25) is 13.9 Å². The molecule has 0 saturated heterocycles. The van der Waals surface area contributed by atoms with Gasteiger partial charge in [0.2, 0.25) is 21.8 Å². The summed E-state index contributed by atoms with van der Waals surface area (Å²) in [6, 6.07) is 10.7. The van der Waals surface area contributed by atoms with Crippen molar-refractivity contribution in [2.45, 2.75) is 32.9 Å². The largest absolute Gasteiger partial charge is 0.497 e. The van der Waals surface area contributed by atoms with Gasteiger partial charge >= 0.3 is 0 Å². The second kappa shape index (κ2) is 12.6. The molecular weight excluding hydrogens is 494 g/mol. The number of halogens is 1. The maximum atomic E-state index is 13.6. The number of benzene rings is 2. The monoisotopic (exact) mass is 525 g/mol. The van der Waals surface area contributed by atoms with Crippen LogP contribution in [0.1, 0.15) is 25.8 Å². The first kappa shape index (κ1) is 28.3. The molecule has 0 radical (unpaired) electrons. The first-order valence-corrected chi connectivity index (χ1v) is 13.3. The molecule has 2 amide bonds. The summed E-state index contributed by atoms with van der Waals surface area (Å²) in [5.74, 6) is -0.248. The Kier molecular flexibility index (Phi) is 10.2.